The van der Waals surface area contributed by atoms with Crippen LogP contribution in [-0.2, 0) is 11.3 Å². The van der Waals surface area contributed by atoms with Crippen molar-refractivity contribution in [2.75, 3.05) is 24.6 Å². The number of benzene rings is 1. The lowest BCUT2D eigenvalue weighted by molar-refractivity contribution is -0.132. The van der Waals surface area contributed by atoms with E-state index in [1.165, 1.54) is 12.1 Å². The molecule has 0 radical (unpaired) electrons. The Balaban J connectivity index is 1.91. The molecule has 1 saturated heterocycles. The number of nitrogens with one attached hydrogen (secondary N) is 1. The first-order valence-electron chi connectivity index (χ1n) is 7.02. The summed E-state index contributed by atoms with van der Waals surface area (Å²) < 4.78 is 13.2. The predicted octanol–water partition coefficient (Wildman–Crippen LogP) is 2.27. The van der Waals surface area contributed by atoms with Crippen molar-refractivity contribution in [3.8, 4) is 0 Å². The van der Waals surface area contributed by atoms with Gasteiger partial charge >= 0.3 is 0 Å². The van der Waals surface area contributed by atoms with Crippen LogP contribution in [0, 0.1) is 5.82 Å². The van der Waals surface area contributed by atoms with E-state index in [0.717, 1.165) is 23.6 Å². The maximum atomic E-state index is 13.2. The van der Waals surface area contributed by atoms with Gasteiger partial charge in [-0.05, 0) is 24.6 Å². The van der Waals surface area contributed by atoms with E-state index in [9.17, 15) is 9.18 Å². The van der Waals surface area contributed by atoms with E-state index >= 15 is 0 Å². The lowest BCUT2D eigenvalue weighted by Crippen LogP contribution is -2.42. The first kappa shape index (κ1) is 15.3. The minimum atomic E-state index is -0.253. The molecular weight excluding hydrogens is 275 g/mol. The standard InChI is InChI=1S/C15H21FN2OS/c1-2-18(10-12-4-3-5-13(16)8-12)15(19)9-14-11-20-7-6-17-14/h3-5,8,14,17H,2,6-7,9-11H2,1H3. The molecule has 1 amide bonds. The molecule has 1 aromatic carbocycles. The van der Waals surface area contributed by atoms with Gasteiger partial charge in [-0.2, -0.15) is 11.8 Å². The molecule has 1 N–H and O–H groups in total. The van der Waals surface area contributed by atoms with Crippen molar-refractivity contribution in [2.45, 2.75) is 25.9 Å². The number of carbonyl (C=O) groups is 1. The van der Waals surface area contributed by atoms with Gasteiger partial charge in [0.15, 0.2) is 0 Å². The summed E-state index contributed by atoms with van der Waals surface area (Å²) in [4.78, 5) is 14.1. The van der Waals surface area contributed by atoms with E-state index in [0.29, 0.717) is 19.5 Å². The average molecular weight is 296 g/mol. The van der Waals surface area contributed by atoms with Crippen molar-refractivity contribution in [3.05, 3.63) is 35.6 Å². The summed E-state index contributed by atoms with van der Waals surface area (Å²) in [5.41, 5.74) is 0.839. The topological polar surface area (TPSA) is 32.3 Å². The van der Waals surface area contributed by atoms with Crippen molar-refractivity contribution in [1.29, 1.82) is 0 Å². The zero-order valence-electron chi connectivity index (χ0n) is 11.8. The molecule has 5 heteroatoms. The average Bonchev–Trinajstić information content (AvgIpc) is 2.46. The highest BCUT2D eigenvalue weighted by atomic mass is 32.2. The van der Waals surface area contributed by atoms with Crippen molar-refractivity contribution in [3.63, 3.8) is 0 Å². The van der Waals surface area contributed by atoms with Gasteiger partial charge in [0.25, 0.3) is 0 Å². The van der Waals surface area contributed by atoms with Gasteiger partial charge in [-0.15, -0.1) is 0 Å². The van der Waals surface area contributed by atoms with Gasteiger partial charge in [-0.1, -0.05) is 12.1 Å². The summed E-state index contributed by atoms with van der Waals surface area (Å²) in [7, 11) is 0. The zero-order chi connectivity index (χ0) is 14.4. The molecule has 20 heavy (non-hydrogen) atoms. The normalized spacial score (nSPS) is 18.8. The number of amides is 1. The number of rotatable bonds is 5. The lowest BCUT2D eigenvalue weighted by atomic mass is 10.1. The van der Waals surface area contributed by atoms with Crippen LogP contribution in [0.1, 0.15) is 18.9 Å². The van der Waals surface area contributed by atoms with Crippen LogP contribution >= 0.6 is 11.8 Å². The van der Waals surface area contributed by atoms with E-state index in [-0.39, 0.29) is 17.8 Å². The van der Waals surface area contributed by atoms with E-state index < -0.39 is 0 Å². The van der Waals surface area contributed by atoms with Gasteiger partial charge in [0.1, 0.15) is 5.82 Å². The summed E-state index contributed by atoms with van der Waals surface area (Å²) >= 11 is 1.89. The smallest absolute Gasteiger partial charge is 0.224 e. The van der Waals surface area contributed by atoms with Crippen LogP contribution < -0.4 is 5.32 Å². The maximum absolute atomic E-state index is 13.2. The van der Waals surface area contributed by atoms with Gasteiger partial charge in [-0.3, -0.25) is 4.79 Å². The largest absolute Gasteiger partial charge is 0.339 e. The Labute approximate surface area is 123 Å². The Hall–Kier alpha value is -1.07. The Morgan fingerprint density at radius 1 is 1.55 bits per heavy atom. The highest BCUT2D eigenvalue weighted by Crippen LogP contribution is 2.13. The van der Waals surface area contributed by atoms with E-state index in [1.807, 2.05) is 24.8 Å². The SMILES string of the molecule is CCN(Cc1cccc(F)c1)C(=O)CC1CSCCN1. The molecule has 0 spiro atoms. The van der Waals surface area contributed by atoms with Crippen LogP contribution in [0.15, 0.2) is 24.3 Å². The van der Waals surface area contributed by atoms with E-state index in [1.54, 1.807) is 11.0 Å². The quantitative estimate of drug-likeness (QED) is 0.904. The van der Waals surface area contributed by atoms with Crippen LogP contribution in [0.25, 0.3) is 0 Å². The molecule has 0 aromatic heterocycles. The van der Waals surface area contributed by atoms with Crippen LogP contribution in [0.4, 0.5) is 4.39 Å². The second-order valence-electron chi connectivity index (χ2n) is 4.97. The highest BCUT2D eigenvalue weighted by Gasteiger charge is 2.20. The van der Waals surface area contributed by atoms with Gasteiger partial charge in [-0.25, -0.2) is 4.39 Å². The second kappa shape index (κ2) is 7.64. The van der Waals surface area contributed by atoms with Crippen LogP contribution in [0.2, 0.25) is 0 Å². The number of nitrogens with zero attached hydrogens (tertiary/aromatic N) is 1. The number of halogens is 1. The monoisotopic (exact) mass is 296 g/mol. The van der Waals surface area contributed by atoms with Gasteiger partial charge in [0.2, 0.25) is 5.91 Å². The molecule has 1 aliphatic heterocycles. The Bertz CT molecular complexity index is 449. The van der Waals surface area contributed by atoms with Crippen molar-refractivity contribution >= 4 is 17.7 Å². The molecule has 110 valence electrons. The van der Waals surface area contributed by atoms with Crippen LogP contribution in [-0.4, -0.2) is 41.4 Å². The van der Waals surface area contributed by atoms with Gasteiger partial charge < -0.3 is 10.2 Å². The first-order chi connectivity index (χ1) is 9.69. The summed E-state index contributed by atoms with van der Waals surface area (Å²) in [6.45, 7) is 4.06. The molecule has 1 unspecified atom stereocenters. The molecule has 1 heterocycles. The number of thioether (sulfide) groups is 1. The summed E-state index contributed by atoms with van der Waals surface area (Å²) in [5.74, 6) is 1.99. The zero-order valence-corrected chi connectivity index (χ0v) is 12.6. The molecule has 0 saturated carbocycles. The molecule has 1 aliphatic rings. The molecule has 0 aliphatic carbocycles. The van der Waals surface area contributed by atoms with E-state index in [2.05, 4.69) is 5.32 Å². The number of carbonyl (C=O) groups excluding carboxylic acids is 1. The highest BCUT2D eigenvalue weighted by molar-refractivity contribution is 7.99. The Morgan fingerprint density at radius 2 is 2.40 bits per heavy atom. The summed E-state index contributed by atoms with van der Waals surface area (Å²) in [5, 5.41) is 3.37. The summed E-state index contributed by atoms with van der Waals surface area (Å²) in [6, 6.07) is 6.72. The van der Waals surface area contributed by atoms with Gasteiger partial charge in [0, 0.05) is 43.6 Å². The fourth-order valence-electron chi connectivity index (χ4n) is 2.32. The molecular formula is C15H21FN2OS. The predicted molar refractivity (Wildman–Crippen MR) is 81.2 cm³/mol. The fourth-order valence-corrected chi connectivity index (χ4v) is 3.27. The number of hydrogen-bond donors (Lipinski definition) is 1. The van der Waals surface area contributed by atoms with Crippen molar-refractivity contribution in [2.24, 2.45) is 0 Å². The van der Waals surface area contributed by atoms with Crippen LogP contribution in [0.5, 0.6) is 0 Å². The van der Waals surface area contributed by atoms with E-state index in [4.69, 9.17) is 0 Å². The minimum Gasteiger partial charge on any atom is -0.339 e. The lowest BCUT2D eigenvalue weighted by Gasteiger charge is -2.27. The van der Waals surface area contributed by atoms with Crippen LogP contribution in [0.3, 0.4) is 0 Å². The molecule has 1 fully saturated rings. The second-order valence-corrected chi connectivity index (χ2v) is 6.12. The number of hydrogen-bond acceptors (Lipinski definition) is 3. The third-order valence-corrected chi connectivity index (χ3v) is 4.55. The Morgan fingerprint density at radius 3 is 3.05 bits per heavy atom. The maximum Gasteiger partial charge on any atom is 0.224 e. The molecule has 0 bridgehead atoms. The van der Waals surface area contributed by atoms with Crippen molar-refractivity contribution in [1.82, 2.24) is 10.2 Å². The van der Waals surface area contributed by atoms with Crippen molar-refractivity contribution < 1.29 is 9.18 Å². The molecule has 2 rings (SSSR count). The molecule has 1 atom stereocenters. The third-order valence-electron chi connectivity index (χ3n) is 3.42. The summed E-state index contributed by atoms with van der Waals surface area (Å²) in [6.07, 6.45) is 0.524. The first-order valence-corrected chi connectivity index (χ1v) is 8.18. The minimum absolute atomic E-state index is 0.136. The molecule has 3 nitrogen and oxygen atoms in total. The fraction of sp³-hybridized carbons (Fsp3) is 0.533. The van der Waals surface area contributed by atoms with Gasteiger partial charge in [0.05, 0.1) is 0 Å². The molecule has 1 aromatic rings. The third kappa shape index (κ3) is 4.49. The Kier molecular flexibility index (Phi) is 5.86.